The summed E-state index contributed by atoms with van der Waals surface area (Å²) in [6.07, 6.45) is 8.22. The summed E-state index contributed by atoms with van der Waals surface area (Å²) < 4.78 is 35.1. The van der Waals surface area contributed by atoms with Gasteiger partial charge in [-0.2, -0.15) is 0 Å². The number of hydrogen-bond donors (Lipinski definition) is 0. The Morgan fingerprint density at radius 3 is 2.88 bits per heavy atom. The Morgan fingerprint density at radius 2 is 2.21 bits per heavy atom. The molecule has 0 aliphatic heterocycles. The smallest absolute Gasteiger partial charge is 0.220 e. The highest BCUT2D eigenvalue weighted by molar-refractivity contribution is 8.22. The summed E-state index contributed by atoms with van der Waals surface area (Å²) in [7, 11) is 0. The van der Waals surface area contributed by atoms with Crippen LogP contribution in [0.25, 0.3) is 0 Å². The molecule has 0 bridgehead atoms. The number of unbranched alkanes of at least 4 members (excludes halogenated alkanes) is 2. The average Bonchev–Trinajstić information content (AvgIpc) is 3.04. The van der Waals surface area contributed by atoms with Gasteiger partial charge in [0, 0.05) is 30.6 Å². The SMILES string of the molecule is CCCCCOC(=S)SC(Cn1ccnc1)c1ccc(F)cc1F. The van der Waals surface area contributed by atoms with Gasteiger partial charge in [0.15, 0.2) is 0 Å². The predicted molar refractivity (Wildman–Crippen MR) is 97.0 cm³/mol. The van der Waals surface area contributed by atoms with Gasteiger partial charge in [-0.25, -0.2) is 13.8 Å². The second-order valence-electron chi connectivity index (χ2n) is 5.34. The molecule has 2 aromatic rings. The van der Waals surface area contributed by atoms with Gasteiger partial charge in [0.25, 0.3) is 0 Å². The second kappa shape index (κ2) is 9.74. The Morgan fingerprint density at radius 1 is 1.38 bits per heavy atom. The fourth-order valence-corrected chi connectivity index (χ4v) is 3.59. The van der Waals surface area contributed by atoms with E-state index in [1.807, 2.05) is 4.57 Å². The lowest BCUT2D eigenvalue weighted by Gasteiger charge is -2.19. The van der Waals surface area contributed by atoms with Crippen LogP contribution in [0.1, 0.15) is 37.0 Å². The van der Waals surface area contributed by atoms with Crippen molar-refractivity contribution in [3.63, 3.8) is 0 Å². The van der Waals surface area contributed by atoms with Crippen molar-refractivity contribution >= 4 is 28.4 Å². The molecular weight excluding hydrogens is 350 g/mol. The van der Waals surface area contributed by atoms with Gasteiger partial charge in [-0.15, -0.1) is 0 Å². The minimum absolute atomic E-state index is 0.321. The molecule has 1 aromatic carbocycles. The molecule has 3 nitrogen and oxygen atoms in total. The fourth-order valence-electron chi connectivity index (χ4n) is 2.21. The number of thioether (sulfide) groups is 1. The van der Waals surface area contributed by atoms with E-state index in [0.717, 1.165) is 25.3 Å². The van der Waals surface area contributed by atoms with Crippen LogP contribution in [0.2, 0.25) is 0 Å². The maximum absolute atomic E-state index is 14.2. The zero-order chi connectivity index (χ0) is 17.4. The highest BCUT2D eigenvalue weighted by atomic mass is 32.2. The Labute approximate surface area is 150 Å². The van der Waals surface area contributed by atoms with Crippen LogP contribution in [-0.2, 0) is 11.3 Å². The monoisotopic (exact) mass is 370 g/mol. The Bertz CT molecular complexity index is 650. The molecule has 24 heavy (non-hydrogen) atoms. The van der Waals surface area contributed by atoms with Crippen LogP contribution in [0.4, 0.5) is 8.78 Å². The van der Waals surface area contributed by atoms with Crippen molar-refractivity contribution in [2.75, 3.05) is 6.61 Å². The molecule has 1 aromatic heterocycles. The number of imidazole rings is 1. The first-order valence-electron chi connectivity index (χ1n) is 7.84. The van der Waals surface area contributed by atoms with Crippen molar-refractivity contribution in [2.45, 2.75) is 38.0 Å². The van der Waals surface area contributed by atoms with Crippen molar-refractivity contribution in [2.24, 2.45) is 0 Å². The van der Waals surface area contributed by atoms with Gasteiger partial charge in [-0.3, -0.25) is 0 Å². The van der Waals surface area contributed by atoms with Gasteiger partial charge in [0.05, 0.1) is 18.2 Å². The topological polar surface area (TPSA) is 27.1 Å². The molecule has 1 atom stereocenters. The maximum atomic E-state index is 14.2. The van der Waals surface area contributed by atoms with E-state index in [2.05, 4.69) is 11.9 Å². The van der Waals surface area contributed by atoms with Gasteiger partial charge in [0.2, 0.25) is 4.38 Å². The van der Waals surface area contributed by atoms with Crippen LogP contribution in [-0.4, -0.2) is 20.5 Å². The summed E-state index contributed by atoms with van der Waals surface area (Å²) in [5, 5.41) is -0.321. The lowest BCUT2D eigenvalue weighted by Crippen LogP contribution is -2.11. The minimum atomic E-state index is -0.596. The largest absolute Gasteiger partial charge is 0.479 e. The fraction of sp³-hybridized carbons (Fsp3) is 0.412. The van der Waals surface area contributed by atoms with Crippen LogP contribution in [0.15, 0.2) is 36.9 Å². The number of hydrogen-bond acceptors (Lipinski definition) is 4. The normalized spacial score (nSPS) is 12.1. The van der Waals surface area contributed by atoms with Gasteiger partial charge >= 0.3 is 0 Å². The molecule has 0 saturated heterocycles. The van der Waals surface area contributed by atoms with Crippen molar-refractivity contribution in [1.29, 1.82) is 0 Å². The van der Waals surface area contributed by atoms with E-state index >= 15 is 0 Å². The zero-order valence-corrected chi connectivity index (χ0v) is 15.1. The van der Waals surface area contributed by atoms with Crippen LogP contribution < -0.4 is 0 Å². The van der Waals surface area contributed by atoms with Gasteiger partial charge < -0.3 is 9.30 Å². The Kier molecular flexibility index (Phi) is 7.65. The van der Waals surface area contributed by atoms with E-state index < -0.39 is 11.6 Å². The molecule has 0 aliphatic carbocycles. The molecule has 2 rings (SSSR count). The lowest BCUT2D eigenvalue weighted by molar-refractivity contribution is 0.309. The van der Waals surface area contributed by atoms with Gasteiger partial charge in [0.1, 0.15) is 11.6 Å². The summed E-state index contributed by atoms with van der Waals surface area (Å²) in [6, 6.07) is 3.60. The van der Waals surface area contributed by atoms with Gasteiger partial charge in [-0.1, -0.05) is 37.6 Å². The standard InChI is InChI=1S/C17H20F2N2OS2/c1-2-3-4-9-22-17(23)24-16(11-21-8-7-20-12-21)14-6-5-13(18)10-15(14)19/h5-8,10,12,16H,2-4,9,11H2,1H3. The molecule has 0 aliphatic rings. The highest BCUT2D eigenvalue weighted by Crippen LogP contribution is 2.34. The third kappa shape index (κ3) is 5.87. The Balaban J connectivity index is 2.06. The minimum Gasteiger partial charge on any atom is -0.479 e. The number of thiocarbonyl (C=S) groups is 1. The van der Waals surface area contributed by atoms with Crippen molar-refractivity contribution in [3.8, 4) is 0 Å². The van der Waals surface area contributed by atoms with Crippen LogP contribution in [0.5, 0.6) is 0 Å². The molecule has 0 saturated carbocycles. The predicted octanol–water partition coefficient (Wildman–Crippen LogP) is 5.13. The second-order valence-corrected chi connectivity index (χ2v) is 7.14. The number of aromatic nitrogens is 2. The lowest BCUT2D eigenvalue weighted by atomic mass is 10.1. The number of benzene rings is 1. The van der Waals surface area contributed by atoms with E-state index in [1.54, 1.807) is 18.7 Å². The first kappa shape index (κ1) is 18.9. The van der Waals surface area contributed by atoms with Crippen molar-refractivity contribution in [3.05, 3.63) is 54.1 Å². The third-order valence-electron chi connectivity index (χ3n) is 3.45. The van der Waals surface area contributed by atoms with Gasteiger partial charge in [-0.05, 0) is 24.7 Å². The highest BCUT2D eigenvalue weighted by Gasteiger charge is 2.20. The van der Waals surface area contributed by atoms with E-state index in [-0.39, 0.29) is 5.25 Å². The first-order chi connectivity index (χ1) is 11.6. The molecule has 0 N–H and O–H groups in total. The Hall–Kier alpha value is -1.47. The molecule has 1 heterocycles. The van der Waals surface area contributed by atoms with Crippen molar-refractivity contribution in [1.82, 2.24) is 9.55 Å². The van der Waals surface area contributed by atoms with E-state index in [0.29, 0.717) is 23.1 Å². The first-order valence-corrected chi connectivity index (χ1v) is 9.13. The summed E-state index contributed by atoms with van der Waals surface area (Å²) >= 11 is 6.54. The van der Waals surface area contributed by atoms with Crippen LogP contribution in [0.3, 0.4) is 0 Å². The molecule has 7 heteroatoms. The summed E-state index contributed by atoms with van der Waals surface area (Å²) in [4.78, 5) is 3.99. The molecular formula is C17H20F2N2OS2. The number of rotatable bonds is 8. The number of ether oxygens (including phenoxy) is 1. The number of halogens is 2. The number of nitrogens with zero attached hydrogens (tertiary/aromatic N) is 2. The summed E-state index contributed by atoms with van der Waals surface area (Å²) in [5.74, 6) is -1.18. The van der Waals surface area contributed by atoms with Crippen LogP contribution in [0, 0.1) is 11.6 Å². The molecule has 0 amide bonds. The zero-order valence-electron chi connectivity index (χ0n) is 13.5. The van der Waals surface area contributed by atoms with E-state index in [9.17, 15) is 8.78 Å². The van der Waals surface area contributed by atoms with E-state index in [1.165, 1.54) is 23.9 Å². The molecule has 1 unspecified atom stereocenters. The van der Waals surface area contributed by atoms with E-state index in [4.69, 9.17) is 17.0 Å². The molecule has 0 radical (unpaired) electrons. The average molecular weight is 370 g/mol. The molecule has 130 valence electrons. The summed E-state index contributed by atoms with van der Waals surface area (Å²) in [6.45, 7) is 3.14. The molecule has 0 spiro atoms. The van der Waals surface area contributed by atoms with Crippen LogP contribution >= 0.6 is 24.0 Å². The third-order valence-corrected chi connectivity index (χ3v) is 4.86. The summed E-state index contributed by atoms with van der Waals surface area (Å²) in [5.41, 5.74) is 0.398. The quantitative estimate of drug-likeness (QED) is 0.476. The van der Waals surface area contributed by atoms with Crippen molar-refractivity contribution < 1.29 is 13.5 Å². The maximum Gasteiger partial charge on any atom is 0.220 e. The molecule has 0 fully saturated rings.